The Morgan fingerprint density at radius 1 is 1.53 bits per heavy atom. The van der Waals surface area contributed by atoms with Gasteiger partial charge in [0.25, 0.3) is 0 Å². The van der Waals surface area contributed by atoms with Gasteiger partial charge in [-0.25, -0.2) is 0 Å². The number of anilines is 2. The molecule has 1 aromatic heterocycles. The number of nitrogens with one attached hydrogen (secondary N) is 1. The number of rotatable bonds is 5. The van der Waals surface area contributed by atoms with Crippen molar-refractivity contribution in [2.75, 3.05) is 24.7 Å². The molecule has 0 fully saturated rings. The standard InChI is InChI=1S/C13H15N5O/c1-19-12-3-2-10(7-14)13(6-12)16-4-5-18-9-11(15)8-17-18/h2-3,6,8-9,16H,4-5,15H2,1H3. The van der Waals surface area contributed by atoms with E-state index in [0.29, 0.717) is 30.1 Å². The van der Waals surface area contributed by atoms with Crippen LogP contribution in [0.4, 0.5) is 11.4 Å². The van der Waals surface area contributed by atoms with Crippen LogP contribution in [0.15, 0.2) is 30.6 Å². The van der Waals surface area contributed by atoms with E-state index in [9.17, 15) is 0 Å². The second kappa shape index (κ2) is 5.78. The molecule has 6 nitrogen and oxygen atoms in total. The Hall–Kier alpha value is -2.68. The fourth-order valence-corrected chi connectivity index (χ4v) is 1.70. The summed E-state index contributed by atoms with van der Waals surface area (Å²) in [5.41, 5.74) is 7.56. The molecule has 19 heavy (non-hydrogen) atoms. The van der Waals surface area contributed by atoms with Crippen LogP contribution in [0.5, 0.6) is 5.75 Å². The summed E-state index contributed by atoms with van der Waals surface area (Å²) in [6.07, 6.45) is 3.37. The monoisotopic (exact) mass is 257 g/mol. The number of hydrogen-bond acceptors (Lipinski definition) is 5. The van der Waals surface area contributed by atoms with Crippen molar-refractivity contribution in [2.45, 2.75) is 6.54 Å². The van der Waals surface area contributed by atoms with Crippen molar-refractivity contribution in [3.05, 3.63) is 36.2 Å². The number of hydrogen-bond donors (Lipinski definition) is 2. The molecule has 0 atom stereocenters. The van der Waals surface area contributed by atoms with E-state index in [1.165, 1.54) is 0 Å². The van der Waals surface area contributed by atoms with Crippen LogP contribution >= 0.6 is 0 Å². The predicted molar refractivity (Wildman–Crippen MR) is 72.8 cm³/mol. The second-order valence-electron chi connectivity index (χ2n) is 3.99. The minimum atomic E-state index is 0.584. The molecule has 0 unspecified atom stereocenters. The average molecular weight is 257 g/mol. The van der Waals surface area contributed by atoms with Crippen molar-refractivity contribution >= 4 is 11.4 Å². The summed E-state index contributed by atoms with van der Waals surface area (Å²) in [5, 5.41) is 16.3. The third-order valence-corrected chi connectivity index (χ3v) is 2.66. The second-order valence-corrected chi connectivity index (χ2v) is 3.99. The molecule has 0 bridgehead atoms. The number of nitrogens with zero attached hydrogens (tertiary/aromatic N) is 3. The molecule has 0 aliphatic rings. The van der Waals surface area contributed by atoms with Crippen LogP contribution in [0.1, 0.15) is 5.56 Å². The molecule has 1 heterocycles. The van der Waals surface area contributed by atoms with Gasteiger partial charge in [-0.2, -0.15) is 10.4 Å². The normalized spacial score (nSPS) is 9.89. The summed E-state index contributed by atoms with van der Waals surface area (Å²) in [6.45, 7) is 1.31. The van der Waals surface area contributed by atoms with Crippen molar-refractivity contribution in [3.63, 3.8) is 0 Å². The molecule has 0 aliphatic carbocycles. The van der Waals surface area contributed by atoms with Crippen molar-refractivity contribution in [2.24, 2.45) is 0 Å². The van der Waals surface area contributed by atoms with E-state index in [1.54, 1.807) is 42.4 Å². The molecule has 0 radical (unpaired) electrons. The molecule has 2 aromatic rings. The highest BCUT2D eigenvalue weighted by atomic mass is 16.5. The van der Waals surface area contributed by atoms with Gasteiger partial charge in [-0.3, -0.25) is 4.68 Å². The number of ether oxygens (including phenoxy) is 1. The SMILES string of the molecule is COc1ccc(C#N)c(NCCn2cc(N)cn2)c1. The summed E-state index contributed by atoms with van der Waals surface area (Å²) >= 11 is 0. The van der Waals surface area contributed by atoms with Crippen molar-refractivity contribution in [1.29, 1.82) is 5.26 Å². The van der Waals surface area contributed by atoms with Gasteiger partial charge in [0.15, 0.2) is 0 Å². The van der Waals surface area contributed by atoms with Gasteiger partial charge in [0.1, 0.15) is 11.8 Å². The molecule has 6 heteroatoms. The molecular weight excluding hydrogens is 242 g/mol. The number of benzene rings is 1. The molecule has 2 rings (SSSR count). The number of nitrogen functional groups attached to an aromatic ring is 1. The zero-order valence-corrected chi connectivity index (χ0v) is 10.6. The van der Waals surface area contributed by atoms with Crippen LogP contribution in [0.25, 0.3) is 0 Å². The lowest BCUT2D eigenvalue weighted by molar-refractivity contribution is 0.415. The maximum atomic E-state index is 9.04. The highest BCUT2D eigenvalue weighted by Crippen LogP contribution is 2.21. The Labute approximate surface area is 111 Å². The summed E-state index contributed by atoms with van der Waals surface area (Å²) < 4.78 is 6.88. The van der Waals surface area contributed by atoms with Gasteiger partial charge in [-0.05, 0) is 12.1 Å². The fraction of sp³-hybridized carbons (Fsp3) is 0.231. The molecular formula is C13H15N5O. The van der Waals surface area contributed by atoms with Crippen LogP contribution in [-0.4, -0.2) is 23.4 Å². The number of nitriles is 1. The predicted octanol–water partition coefficient (Wildman–Crippen LogP) is 1.46. The quantitative estimate of drug-likeness (QED) is 0.846. The van der Waals surface area contributed by atoms with Gasteiger partial charge in [0.2, 0.25) is 0 Å². The van der Waals surface area contributed by atoms with Crippen LogP contribution in [0, 0.1) is 11.3 Å². The minimum absolute atomic E-state index is 0.584. The van der Waals surface area contributed by atoms with Gasteiger partial charge in [0, 0.05) is 18.8 Å². The van der Waals surface area contributed by atoms with E-state index in [-0.39, 0.29) is 0 Å². The van der Waals surface area contributed by atoms with Crippen molar-refractivity contribution in [1.82, 2.24) is 9.78 Å². The zero-order chi connectivity index (χ0) is 13.7. The number of methoxy groups -OCH3 is 1. The van der Waals surface area contributed by atoms with E-state index >= 15 is 0 Å². The highest BCUT2D eigenvalue weighted by Gasteiger charge is 2.03. The van der Waals surface area contributed by atoms with Crippen LogP contribution in [0.2, 0.25) is 0 Å². The maximum absolute atomic E-state index is 9.04. The molecule has 0 saturated carbocycles. The van der Waals surface area contributed by atoms with Gasteiger partial charge in [0.05, 0.1) is 36.8 Å². The van der Waals surface area contributed by atoms with Crippen LogP contribution in [0.3, 0.4) is 0 Å². The highest BCUT2D eigenvalue weighted by molar-refractivity contribution is 5.60. The largest absolute Gasteiger partial charge is 0.497 e. The first kappa shape index (κ1) is 12.8. The van der Waals surface area contributed by atoms with E-state index in [2.05, 4.69) is 16.5 Å². The van der Waals surface area contributed by atoms with E-state index in [1.807, 2.05) is 0 Å². The first-order valence-electron chi connectivity index (χ1n) is 5.83. The van der Waals surface area contributed by atoms with Crippen LogP contribution < -0.4 is 15.8 Å². The fourth-order valence-electron chi connectivity index (χ4n) is 1.70. The Morgan fingerprint density at radius 3 is 3.00 bits per heavy atom. The lowest BCUT2D eigenvalue weighted by atomic mass is 10.2. The third kappa shape index (κ3) is 3.16. The molecule has 0 aliphatic heterocycles. The topological polar surface area (TPSA) is 88.9 Å². The number of aromatic nitrogens is 2. The molecule has 0 saturated heterocycles. The van der Waals surface area contributed by atoms with Crippen molar-refractivity contribution < 1.29 is 4.74 Å². The Bertz CT molecular complexity index is 599. The summed E-state index contributed by atoms with van der Waals surface area (Å²) in [5.74, 6) is 0.713. The molecule has 3 N–H and O–H groups in total. The summed E-state index contributed by atoms with van der Waals surface area (Å²) in [7, 11) is 1.59. The van der Waals surface area contributed by atoms with Gasteiger partial charge in [-0.15, -0.1) is 0 Å². The summed E-state index contributed by atoms with van der Waals surface area (Å²) in [6, 6.07) is 7.43. The third-order valence-electron chi connectivity index (χ3n) is 2.66. The Kier molecular flexibility index (Phi) is 3.88. The van der Waals surface area contributed by atoms with Crippen LogP contribution in [-0.2, 0) is 6.54 Å². The minimum Gasteiger partial charge on any atom is -0.497 e. The van der Waals surface area contributed by atoms with E-state index in [4.69, 9.17) is 15.7 Å². The van der Waals surface area contributed by atoms with Gasteiger partial charge < -0.3 is 15.8 Å². The van der Waals surface area contributed by atoms with Gasteiger partial charge >= 0.3 is 0 Å². The molecule has 0 amide bonds. The van der Waals surface area contributed by atoms with Gasteiger partial charge in [-0.1, -0.05) is 0 Å². The van der Waals surface area contributed by atoms with E-state index in [0.717, 1.165) is 5.69 Å². The average Bonchev–Trinajstić information content (AvgIpc) is 2.84. The number of nitrogens with two attached hydrogens (primary N) is 1. The lowest BCUT2D eigenvalue weighted by Crippen LogP contribution is -2.11. The first-order chi connectivity index (χ1) is 9.22. The van der Waals surface area contributed by atoms with E-state index < -0.39 is 0 Å². The maximum Gasteiger partial charge on any atom is 0.121 e. The Balaban J connectivity index is 2.00. The zero-order valence-electron chi connectivity index (χ0n) is 10.6. The van der Waals surface area contributed by atoms with Crippen molar-refractivity contribution in [3.8, 4) is 11.8 Å². The molecule has 1 aromatic carbocycles. The molecule has 0 spiro atoms. The Morgan fingerprint density at radius 2 is 2.37 bits per heavy atom. The first-order valence-corrected chi connectivity index (χ1v) is 5.83. The molecule has 98 valence electrons. The smallest absolute Gasteiger partial charge is 0.121 e. The summed E-state index contributed by atoms with van der Waals surface area (Å²) in [4.78, 5) is 0. The lowest BCUT2D eigenvalue weighted by Gasteiger charge is -2.10.